The number of aromatic nitrogens is 4. The predicted octanol–water partition coefficient (Wildman–Crippen LogP) is 20.7. The van der Waals surface area contributed by atoms with E-state index in [1.165, 1.54) is 60.8 Å². The van der Waals surface area contributed by atoms with E-state index in [9.17, 15) is 0 Å². The van der Waals surface area contributed by atoms with Crippen molar-refractivity contribution < 1.29 is 0 Å². The summed E-state index contributed by atoms with van der Waals surface area (Å²) in [5, 5.41) is 2.34. The third-order valence-electron chi connectivity index (χ3n) is 17.3. The van der Waals surface area contributed by atoms with Crippen LogP contribution in [-0.4, -0.2) is 19.5 Å². The lowest BCUT2D eigenvalue weighted by Crippen LogP contribution is -2.28. The number of nitrogens with zero attached hydrogens (tertiary/aromatic N) is 4. The molecule has 0 atom stereocenters. The summed E-state index contributed by atoms with van der Waals surface area (Å²) in [7, 11) is 0. The molecule has 0 saturated carbocycles. The number of hydrogen-bond donors (Lipinski definition) is 0. The standard InChI is InChI=1S/C82H54N4/c1-7-24-55(25-8-1)60-44-47-76-73(53-60)78-70(41-23-43-77(78)86(76)69-45-46-72-71-40-19-20-42-74(71)82(75(72)54-69,67-36-15-5-16-37-67)68-38-17-6-18-39-68)61-33-22-35-63(49-61)81-84-79(58-30-13-4-14-31-58)83-80(85-81)62-34-21-32-59(48-62)66-51-64(56-26-9-2-10-27-56)50-65(52-66)57-28-11-3-12-29-57/h1-54H. The van der Waals surface area contributed by atoms with Crippen LogP contribution in [0.15, 0.2) is 328 Å². The van der Waals surface area contributed by atoms with E-state index in [0.29, 0.717) is 17.5 Å². The van der Waals surface area contributed by atoms with E-state index in [4.69, 9.17) is 15.0 Å². The van der Waals surface area contributed by atoms with Crippen molar-refractivity contribution in [1.82, 2.24) is 19.5 Å². The normalized spacial score (nSPS) is 12.3. The first kappa shape index (κ1) is 50.4. The molecule has 0 radical (unpaired) electrons. The van der Waals surface area contributed by atoms with Crippen LogP contribution in [-0.2, 0) is 5.41 Å². The fourth-order valence-electron chi connectivity index (χ4n) is 13.4. The van der Waals surface area contributed by atoms with Crippen LogP contribution in [0.5, 0.6) is 0 Å². The molecule has 0 aliphatic heterocycles. The van der Waals surface area contributed by atoms with Crippen LogP contribution in [0.3, 0.4) is 0 Å². The Kier molecular flexibility index (Phi) is 12.4. The zero-order valence-electron chi connectivity index (χ0n) is 47.0. The van der Waals surface area contributed by atoms with Crippen LogP contribution in [0, 0.1) is 0 Å². The highest BCUT2D eigenvalue weighted by Crippen LogP contribution is 2.57. The van der Waals surface area contributed by atoms with Crippen LogP contribution >= 0.6 is 0 Å². The molecule has 15 aromatic rings. The minimum Gasteiger partial charge on any atom is -0.309 e. The van der Waals surface area contributed by atoms with E-state index >= 15 is 0 Å². The largest absolute Gasteiger partial charge is 0.309 e. The van der Waals surface area contributed by atoms with E-state index in [0.717, 1.165) is 72.4 Å². The number of benzene rings is 13. The molecule has 4 heteroatoms. The van der Waals surface area contributed by atoms with Crippen molar-refractivity contribution in [3.8, 4) is 107 Å². The van der Waals surface area contributed by atoms with Crippen LogP contribution in [0.1, 0.15) is 22.3 Å². The van der Waals surface area contributed by atoms with E-state index in [2.05, 4.69) is 314 Å². The van der Waals surface area contributed by atoms with Crippen LogP contribution < -0.4 is 0 Å². The number of hydrogen-bond acceptors (Lipinski definition) is 3. The van der Waals surface area contributed by atoms with Crippen molar-refractivity contribution in [2.75, 3.05) is 0 Å². The minimum atomic E-state index is -0.547. The maximum Gasteiger partial charge on any atom is 0.164 e. The molecule has 0 amide bonds. The SMILES string of the molecule is c1ccc(-c2cc(-c3ccccc3)cc(-c3cccc(-c4nc(-c5ccccc5)nc(-c5cccc(-c6cccc7c6c6cc(-c8ccccc8)ccc6n7-c6ccc7c(c6)C(c6ccccc6)(c6ccccc6)c6ccccc6-7)c5)n4)c3)c2)cc1. The van der Waals surface area contributed by atoms with Crippen LogP contribution in [0.25, 0.3) is 128 Å². The Morgan fingerprint density at radius 3 is 1.23 bits per heavy atom. The Hall–Kier alpha value is -11.3. The summed E-state index contributed by atoms with van der Waals surface area (Å²) in [6, 6.07) is 118. The predicted molar refractivity (Wildman–Crippen MR) is 355 cm³/mol. The Morgan fingerprint density at radius 2 is 0.640 bits per heavy atom. The van der Waals surface area contributed by atoms with E-state index in [1.54, 1.807) is 0 Å². The Bertz CT molecular complexity index is 4920. The third kappa shape index (κ3) is 8.66. The Morgan fingerprint density at radius 1 is 0.233 bits per heavy atom. The second kappa shape index (κ2) is 21.1. The third-order valence-corrected chi connectivity index (χ3v) is 17.3. The van der Waals surface area contributed by atoms with Gasteiger partial charge in [-0.2, -0.15) is 0 Å². The molecule has 0 spiro atoms. The van der Waals surface area contributed by atoms with Gasteiger partial charge in [0.2, 0.25) is 0 Å². The van der Waals surface area contributed by atoms with Gasteiger partial charge in [0.1, 0.15) is 0 Å². The van der Waals surface area contributed by atoms with Crippen molar-refractivity contribution in [3.63, 3.8) is 0 Å². The molecular formula is C82H54N4. The summed E-state index contributed by atoms with van der Waals surface area (Å²) in [6.45, 7) is 0. The molecule has 16 rings (SSSR count). The Labute approximate surface area is 500 Å². The van der Waals surface area contributed by atoms with Crippen molar-refractivity contribution in [2.24, 2.45) is 0 Å². The fourth-order valence-corrected chi connectivity index (χ4v) is 13.4. The molecule has 0 unspecified atom stereocenters. The second-order valence-electron chi connectivity index (χ2n) is 22.3. The number of fused-ring (bicyclic) bond motifs is 6. The first-order valence-corrected chi connectivity index (χ1v) is 29.4. The molecule has 1 aliphatic carbocycles. The lowest BCUT2D eigenvalue weighted by Gasteiger charge is -2.34. The van der Waals surface area contributed by atoms with E-state index in [1.807, 2.05) is 18.2 Å². The molecule has 0 bridgehead atoms. The molecule has 86 heavy (non-hydrogen) atoms. The topological polar surface area (TPSA) is 43.6 Å². The van der Waals surface area contributed by atoms with E-state index < -0.39 is 5.41 Å². The molecule has 4 nitrogen and oxygen atoms in total. The van der Waals surface area contributed by atoms with Crippen molar-refractivity contribution in [3.05, 3.63) is 350 Å². The highest BCUT2D eigenvalue weighted by molar-refractivity contribution is 6.17. The van der Waals surface area contributed by atoms with Gasteiger partial charge in [0.15, 0.2) is 17.5 Å². The molecule has 13 aromatic carbocycles. The maximum atomic E-state index is 5.37. The quantitative estimate of drug-likeness (QED) is 0.130. The monoisotopic (exact) mass is 1090 g/mol. The van der Waals surface area contributed by atoms with E-state index in [-0.39, 0.29) is 0 Å². The van der Waals surface area contributed by atoms with Gasteiger partial charge < -0.3 is 4.57 Å². The highest BCUT2D eigenvalue weighted by Gasteiger charge is 2.46. The average molecular weight is 1100 g/mol. The molecule has 2 heterocycles. The Balaban J connectivity index is 0.860. The van der Waals surface area contributed by atoms with Crippen molar-refractivity contribution in [2.45, 2.75) is 5.41 Å². The first-order valence-electron chi connectivity index (χ1n) is 29.4. The van der Waals surface area contributed by atoms with Gasteiger partial charge in [0, 0.05) is 33.2 Å². The van der Waals surface area contributed by atoms with Gasteiger partial charge in [0.25, 0.3) is 0 Å². The maximum absolute atomic E-state index is 5.37. The van der Waals surface area contributed by atoms with Gasteiger partial charge in [-0.25, -0.2) is 15.0 Å². The average Bonchev–Trinajstić information content (AvgIpc) is 1.57. The molecule has 402 valence electrons. The highest BCUT2D eigenvalue weighted by atomic mass is 15.0. The molecule has 0 saturated heterocycles. The zero-order chi connectivity index (χ0) is 57.0. The number of rotatable bonds is 11. The molecule has 2 aromatic heterocycles. The lowest BCUT2D eigenvalue weighted by atomic mass is 9.67. The molecule has 0 fully saturated rings. The molecular weight excluding hydrogens is 1040 g/mol. The van der Waals surface area contributed by atoms with Gasteiger partial charge in [-0.1, -0.05) is 267 Å². The fraction of sp³-hybridized carbons (Fsp3) is 0.0122. The lowest BCUT2D eigenvalue weighted by molar-refractivity contribution is 0.767. The second-order valence-corrected chi connectivity index (χ2v) is 22.3. The van der Waals surface area contributed by atoms with Gasteiger partial charge in [-0.15, -0.1) is 0 Å². The van der Waals surface area contributed by atoms with Crippen molar-refractivity contribution in [1.29, 1.82) is 0 Å². The van der Waals surface area contributed by atoms with Crippen LogP contribution in [0.4, 0.5) is 0 Å². The molecule has 1 aliphatic rings. The zero-order valence-corrected chi connectivity index (χ0v) is 47.0. The van der Waals surface area contributed by atoms with Gasteiger partial charge in [-0.05, 0) is 150 Å². The summed E-state index contributed by atoms with van der Waals surface area (Å²) in [5.41, 5.74) is 24.4. The summed E-state index contributed by atoms with van der Waals surface area (Å²) < 4.78 is 2.48. The summed E-state index contributed by atoms with van der Waals surface area (Å²) in [4.78, 5) is 15.9. The van der Waals surface area contributed by atoms with Gasteiger partial charge in [0.05, 0.1) is 16.4 Å². The van der Waals surface area contributed by atoms with Gasteiger partial charge in [-0.3, -0.25) is 0 Å². The van der Waals surface area contributed by atoms with Gasteiger partial charge >= 0.3 is 0 Å². The minimum absolute atomic E-state index is 0.547. The summed E-state index contributed by atoms with van der Waals surface area (Å²) in [5.74, 6) is 1.81. The summed E-state index contributed by atoms with van der Waals surface area (Å²) >= 11 is 0. The van der Waals surface area contributed by atoms with Crippen LogP contribution in [0.2, 0.25) is 0 Å². The first-order chi connectivity index (χ1) is 42.6. The molecule has 0 N–H and O–H groups in total. The van der Waals surface area contributed by atoms with Crippen molar-refractivity contribution >= 4 is 21.8 Å². The summed E-state index contributed by atoms with van der Waals surface area (Å²) in [6.07, 6.45) is 0. The smallest absolute Gasteiger partial charge is 0.164 e.